The van der Waals surface area contributed by atoms with E-state index in [4.69, 9.17) is 9.15 Å². The summed E-state index contributed by atoms with van der Waals surface area (Å²) in [6.45, 7) is 3.26. The van der Waals surface area contributed by atoms with Crippen LogP contribution < -0.4 is 0 Å². The number of hydrogen-bond acceptors (Lipinski definition) is 6. The molecule has 0 unspecified atom stereocenters. The van der Waals surface area contributed by atoms with Crippen LogP contribution in [-0.4, -0.2) is 34.7 Å². The van der Waals surface area contributed by atoms with Gasteiger partial charge in [0.15, 0.2) is 0 Å². The summed E-state index contributed by atoms with van der Waals surface area (Å²) in [6, 6.07) is 3.35. The van der Waals surface area contributed by atoms with Gasteiger partial charge in [0.25, 0.3) is 11.1 Å². The summed E-state index contributed by atoms with van der Waals surface area (Å²) in [4.78, 5) is 36.7. The third-order valence-corrected chi connectivity index (χ3v) is 3.79. The molecule has 1 atom stereocenters. The van der Waals surface area contributed by atoms with Crippen LogP contribution in [0.4, 0.5) is 4.79 Å². The first-order valence-electron chi connectivity index (χ1n) is 6.49. The van der Waals surface area contributed by atoms with E-state index in [2.05, 4.69) is 0 Å². The SMILES string of the molecule is CC[C@@H](C)OC(=O)CN1C(=O)S/C(=C/c2ccco2)C1=O. The van der Waals surface area contributed by atoms with Crippen LogP contribution in [-0.2, 0) is 14.3 Å². The number of amides is 2. The molecule has 0 radical (unpaired) electrons. The Balaban J connectivity index is 2.03. The van der Waals surface area contributed by atoms with Crippen LogP contribution in [0.2, 0.25) is 0 Å². The van der Waals surface area contributed by atoms with Crippen LogP contribution >= 0.6 is 11.8 Å². The molecule has 2 rings (SSSR count). The molecule has 7 heteroatoms. The van der Waals surface area contributed by atoms with Crippen molar-refractivity contribution >= 4 is 35.0 Å². The maximum Gasteiger partial charge on any atom is 0.326 e. The molecule has 1 aliphatic heterocycles. The van der Waals surface area contributed by atoms with Crippen LogP contribution in [0.5, 0.6) is 0 Å². The van der Waals surface area contributed by atoms with Crippen molar-refractivity contribution in [3.8, 4) is 0 Å². The van der Waals surface area contributed by atoms with Gasteiger partial charge in [-0.15, -0.1) is 0 Å². The second-order valence-corrected chi connectivity index (χ2v) is 5.49. The van der Waals surface area contributed by atoms with Gasteiger partial charge in [0.05, 0.1) is 17.3 Å². The molecule has 0 saturated carbocycles. The molecule has 0 aromatic carbocycles. The zero-order chi connectivity index (χ0) is 15.4. The maximum atomic E-state index is 12.1. The zero-order valence-electron chi connectivity index (χ0n) is 11.7. The topological polar surface area (TPSA) is 76.8 Å². The largest absolute Gasteiger partial charge is 0.465 e. The standard InChI is InChI=1S/C14H15NO5S/c1-3-9(2)20-12(16)8-15-13(17)11(21-14(15)18)7-10-5-4-6-19-10/h4-7,9H,3,8H2,1-2H3/b11-7+/t9-/m1/s1. The van der Waals surface area contributed by atoms with Crippen molar-refractivity contribution in [3.63, 3.8) is 0 Å². The highest BCUT2D eigenvalue weighted by atomic mass is 32.2. The predicted octanol–water partition coefficient (Wildman–Crippen LogP) is 2.66. The summed E-state index contributed by atoms with van der Waals surface area (Å²) in [5.41, 5.74) is 0. The first-order chi connectivity index (χ1) is 10.0. The number of imide groups is 1. The van der Waals surface area contributed by atoms with E-state index in [0.717, 1.165) is 16.7 Å². The van der Waals surface area contributed by atoms with Gasteiger partial charge < -0.3 is 9.15 Å². The summed E-state index contributed by atoms with van der Waals surface area (Å²) in [5, 5.41) is -0.487. The van der Waals surface area contributed by atoms with Crippen molar-refractivity contribution in [2.24, 2.45) is 0 Å². The molecule has 0 N–H and O–H groups in total. The van der Waals surface area contributed by atoms with Gasteiger partial charge in [-0.05, 0) is 37.2 Å². The Morgan fingerprint density at radius 3 is 2.90 bits per heavy atom. The minimum Gasteiger partial charge on any atom is -0.465 e. The Bertz CT molecular complexity index is 578. The van der Waals surface area contributed by atoms with Gasteiger partial charge in [-0.3, -0.25) is 19.3 Å². The predicted molar refractivity (Wildman–Crippen MR) is 77.2 cm³/mol. The smallest absolute Gasteiger partial charge is 0.326 e. The van der Waals surface area contributed by atoms with E-state index in [-0.39, 0.29) is 17.6 Å². The monoisotopic (exact) mass is 309 g/mol. The van der Waals surface area contributed by atoms with Crippen LogP contribution in [0.1, 0.15) is 26.0 Å². The van der Waals surface area contributed by atoms with Crippen molar-refractivity contribution in [2.75, 3.05) is 6.54 Å². The first-order valence-corrected chi connectivity index (χ1v) is 7.31. The van der Waals surface area contributed by atoms with Crippen molar-refractivity contribution < 1.29 is 23.5 Å². The van der Waals surface area contributed by atoms with Crippen LogP contribution in [0, 0.1) is 0 Å². The number of carbonyl (C=O) groups is 3. The minimum atomic E-state index is -0.592. The van der Waals surface area contributed by atoms with Crippen molar-refractivity contribution in [2.45, 2.75) is 26.4 Å². The molecule has 1 aromatic rings. The molecule has 0 bridgehead atoms. The number of nitrogens with zero attached hydrogens (tertiary/aromatic N) is 1. The Labute approximate surface area is 126 Å². The van der Waals surface area contributed by atoms with Gasteiger partial charge in [-0.1, -0.05) is 6.92 Å². The van der Waals surface area contributed by atoms with Gasteiger partial charge in [-0.25, -0.2) is 0 Å². The van der Waals surface area contributed by atoms with Crippen molar-refractivity contribution in [1.29, 1.82) is 0 Å². The number of furan rings is 1. The van der Waals surface area contributed by atoms with E-state index >= 15 is 0 Å². The van der Waals surface area contributed by atoms with Gasteiger partial charge in [0.1, 0.15) is 12.3 Å². The van der Waals surface area contributed by atoms with E-state index in [9.17, 15) is 14.4 Å². The summed E-state index contributed by atoms with van der Waals surface area (Å²) >= 11 is 0.777. The normalized spacial score (nSPS) is 18.4. The van der Waals surface area contributed by atoms with Crippen LogP contribution in [0.25, 0.3) is 6.08 Å². The van der Waals surface area contributed by atoms with Crippen molar-refractivity contribution in [1.82, 2.24) is 4.90 Å². The molecule has 1 fully saturated rings. The third kappa shape index (κ3) is 3.75. The summed E-state index contributed by atoms with van der Waals surface area (Å²) in [6.07, 6.45) is 3.38. The maximum absolute atomic E-state index is 12.1. The van der Waals surface area contributed by atoms with E-state index in [0.29, 0.717) is 12.2 Å². The Kier molecular flexibility index (Phi) is 4.85. The van der Waals surface area contributed by atoms with Crippen molar-refractivity contribution in [3.05, 3.63) is 29.1 Å². The second kappa shape index (κ2) is 6.62. The first kappa shape index (κ1) is 15.4. The van der Waals surface area contributed by atoms with E-state index < -0.39 is 17.1 Å². The average Bonchev–Trinajstić information content (AvgIpc) is 3.03. The Hall–Kier alpha value is -2.02. The lowest BCUT2D eigenvalue weighted by Crippen LogP contribution is -2.35. The van der Waals surface area contributed by atoms with Crippen LogP contribution in [0.15, 0.2) is 27.7 Å². The van der Waals surface area contributed by atoms with E-state index in [1.54, 1.807) is 19.1 Å². The molecule has 1 saturated heterocycles. The van der Waals surface area contributed by atoms with E-state index in [1.165, 1.54) is 12.3 Å². The molecule has 6 nitrogen and oxygen atoms in total. The molecular formula is C14H15NO5S. The molecule has 2 heterocycles. The third-order valence-electron chi connectivity index (χ3n) is 2.88. The number of ether oxygens (including phenoxy) is 1. The molecule has 1 aromatic heterocycles. The zero-order valence-corrected chi connectivity index (χ0v) is 12.5. The fourth-order valence-corrected chi connectivity index (χ4v) is 2.43. The molecule has 112 valence electrons. The Morgan fingerprint density at radius 2 is 2.29 bits per heavy atom. The summed E-state index contributed by atoms with van der Waals surface area (Å²) < 4.78 is 10.2. The summed E-state index contributed by atoms with van der Waals surface area (Å²) in [5.74, 6) is -0.629. The summed E-state index contributed by atoms with van der Waals surface area (Å²) in [7, 11) is 0. The number of esters is 1. The van der Waals surface area contributed by atoms with Gasteiger partial charge in [-0.2, -0.15) is 0 Å². The number of thioether (sulfide) groups is 1. The highest BCUT2D eigenvalue weighted by molar-refractivity contribution is 8.18. The lowest BCUT2D eigenvalue weighted by Gasteiger charge is -2.14. The Morgan fingerprint density at radius 1 is 1.52 bits per heavy atom. The fraction of sp³-hybridized carbons (Fsp3) is 0.357. The van der Waals surface area contributed by atoms with Gasteiger partial charge in [0.2, 0.25) is 0 Å². The van der Waals surface area contributed by atoms with Crippen LogP contribution in [0.3, 0.4) is 0 Å². The number of rotatable bonds is 5. The minimum absolute atomic E-state index is 0.228. The molecule has 2 amide bonds. The molecular weight excluding hydrogens is 294 g/mol. The molecule has 0 aliphatic carbocycles. The lowest BCUT2D eigenvalue weighted by atomic mass is 10.3. The molecule has 1 aliphatic rings. The molecule has 0 spiro atoms. The number of carbonyl (C=O) groups excluding carboxylic acids is 3. The highest BCUT2D eigenvalue weighted by Crippen LogP contribution is 2.32. The molecule has 21 heavy (non-hydrogen) atoms. The number of hydrogen-bond donors (Lipinski definition) is 0. The van der Waals surface area contributed by atoms with E-state index in [1.807, 2.05) is 6.92 Å². The average molecular weight is 309 g/mol. The second-order valence-electron chi connectivity index (χ2n) is 4.49. The quantitative estimate of drug-likeness (QED) is 0.615. The van der Waals surface area contributed by atoms with Gasteiger partial charge >= 0.3 is 5.97 Å². The van der Waals surface area contributed by atoms with Gasteiger partial charge in [0, 0.05) is 6.08 Å². The highest BCUT2D eigenvalue weighted by Gasteiger charge is 2.37. The lowest BCUT2D eigenvalue weighted by molar-refractivity contribution is -0.150. The fourth-order valence-electron chi connectivity index (χ4n) is 1.61.